The van der Waals surface area contributed by atoms with Crippen LogP contribution in [0.15, 0.2) is 60.7 Å². The second kappa shape index (κ2) is 8.58. The maximum atomic E-state index is 11.9. The molecule has 1 atom stereocenters. The molecular weight excluding hydrogens is 290 g/mol. The van der Waals surface area contributed by atoms with Gasteiger partial charge in [-0.3, -0.25) is 4.79 Å². The SMILES string of the molecule is NC(=O)C(Cc1ccccc1)NC(=O)NCCc1ccccc1. The molecule has 3 amide bonds. The van der Waals surface area contributed by atoms with Crippen LogP contribution < -0.4 is 16.4 Å². The Balaban J connectivity index is 1.80. The van der Waals surface area contributed by atoms with Crippen molar-refractivity contribution in [3.63, 3.8) is 0 Å². The van der Waals surface area contributed by atoms with E-state index in [-0.39, 0.29) is 6.03 Å². The summed E-state index contributed by atoms with van der Waals surface area (Å²) in [6.07, 6.45) is 1.11. The van der Waals surface area contributed by atoms with Gasteiger partial charge in [-0.2, -0.15) is 0 Å². The number of amides is 3. The van der Waals surface area contributed by atoms with Crippen molar-refractivity contribution in [1.29, 1.82) is 0 Å². The molecule has 2 rings (SSSR count). The number of rotatable bonds is 7. The largest absolute Gasteiger partial charge is 0.368 e. The molecule has 120 valence electrons. The molecule has 0 aliphatic heterocycles. The lowest BCUT2D eigenvalue weighted by molar-refractivity contribution is -0.119. The minimum atomic E-state index is -0.728. The number of nitrogens with two attached hydrogens (primary N) is 1. The molecule has 0 fully saturated rings. The van der Waals surface area contributed by atoms with Crippen LogP contribution in [0, 0.1) is 0 Å². The third-order valence-electron chi connectivity index (χ3n) is 3.47. The predicted octanol–water partition coefficient (Wildman–Crippen LogP) is 1.62. The number of hydrogen-bond acceptors (Lipinski definition) is 2. The van der Waals surface area contributed by atoms with Crippen LogP contribution in [0.2, 0.25) is 0 Å². The molecule has 0 radical (unpaired) electrons. The van der Waals surface area contributed by atoms with E-state index in [0.717, 1.165) is 17.5 Å². The molecule has 2 aromatic rings. The molecule has 0 heterocycles. The third kappa shape index (κ3) is 5.82. The Bertz CT molecular complexity index is 629. The van der Waals surface area contributed by atoms with Crippen molar-refractivity contribution in [2.75, 3.05) is 6.54 Å². The molecular formula is C18H21N3O2. The molecule has 0 saturated carbocycles. The Hall–Kier alpha value is -2.82. The van der Waals surface area contributed by atoms with Gasteiger partial charge in [-0.25, -0.2) is 4.79 Å². The minimum Gasteiger partial charge on any atom is -0.368 e. The molecule has 1 unspecified atom stereocenters. The molecule has 0 aliphatic rings. The van der Waals surface area contributed by atoms with Crippen molar-refractivity contribution in [3.05, 3.63) is 71.8 Å². The molecule has 0 spiro atoms. The fraction of sp³-hybridized carbons (Fsp3) is 0.222. The van der Waals surface area contributed by atoms with Gasteiger partial charge in [0.1, 0.15) is 6.04 Å². The average Bonchev–Trinajstić information content (AvgIpc) is 2.56. The topological polar surface area (TPSA) is 84.2 Å². The van der Waals surface area contributed by atoms with Gasteiger partial charge < -0.3 is 16.4 Å². The van der Waals surface area contributed by atoms with Gasteiger partial charge in [-0.05, 0) is 17.5 Å². The summed E-state index contributed by atoms with van der Waals surface area (Å²) in [7, 11) is 0. The van der Waals surface area contributed by atoms with E-state index in [1.165, 1.54) is 0 Å². The number of urea groups is 1. The van der Waals surface area contributed by atoms with E-state index in [0.29, 0.717) is 13.0 Å². The molecule has 4 N–H and O–H groups in total. The Morgan fingerprint density at radius 1 is 0.913 bits per heavy atom. The van der Waals surface area contributed by atoms with E-state index < -0.39 is 11.9 Å². The number of carbonyl (C=O) groups is 2. The summed E-state index contributed by atoms with van der Waals surface area (Å²) in [4.78, 5) is 23.4. The molecule has 0 bridgehead atoms. The predicted molar refractivity (Wildman–Crippen MR) is 89.8 cm³/mol. The fourth-order valence-electron chi connectivity index (χ4n) is 2.25. The van der Waals surface area contributed by atoms with Crippen molar-refractivity contribution in [1.82, 2.24) is 10.6 Å². The van der Waals surface area contributed by atoms with Gasteiger partial charge >= 0.3 is 6.03 Å². The summed E-state index contributed by atoms with van der Waals surface area (Å²) in [6.45, 7) is 0.493. The van der Waals surface area contributed by atoms with Crippen LogP contribution >= 0.6 is 0 Å². The summed E-state index contributed by atoms with van der Waals surface area (Å²) in [6, 6.07) is 18.2. The smallest absolute Gasteiger partial charge is 0.315 e. The van der Waals surface area contributed by atoms with Crippen molar-refractivity contribution in [2.45, 2.75) is 18.9 Å². The Labute approximate surface area is 135 Å². The van der Waals surface area contributed by atoms with Gasteiger partial charge in [0.2, 0.25) is 5.91 Å². The molecule has 5 nitrogen and oxygen atoms in total. The minimum absolute atomic E-state index is 0.377. The van der Waals surface area contributed by atoms with E-state index in [1.54, 1.807) is 0 Å². The van der Waals surface area contributed by atoms with Gasteiger partial charge in [0.25, 0.3) is 0 Å². The van der Waals surface area contributed by atoms with E-state index in [9.17, 15) is 9.59 Å². The normalized spacial score (nSPS) is 11.5. The second-order valence-electron chi connectivity index (χ2n) is 5.28. The zero-order valence-electron chi connectivity index (χ0n) is 12.9. The summed E-state index contributed by atoms with van der Waals surface area (Å²) in [5.41, 5.74) is 7.46. The van der Waals surface area contributed by atoms with Crippen molar-refractivity contribution in [2.24, 2.45) is 5.73 Å². The number of carbonyl (C=O) groups excluding carboxylic acids is 2. The summed E-state index contributed by atoms with van der Waals surface area (Å²) < 4.78 is 0. The number of primary amides is 1. The highest BCUT2D eigenvalue weighted by Gasteiger charge is 2.18. The first kappa shape index (κ1) is 16.5. The first-order valence-electron chi connectivity index (χ1n) is 7.56. The second-order valence-corrected chi connectivity index (χ2v) is 5.28. The zero-order valence-corrected chi connectivity index (χ0v) is 12.9. The highest BCUT2D eigenvalue weighted by molar-refractivity contribution is 5.86. The fourth-order valence-corrected chi connectivity index (χ4v) is 2.25. The van der Waals surface area contributed by atoms with E-state index in [2.05, 4.69) is 10.6 Å². The number of nitrogens with one attached hydrogen (secondary N) is 2. The Morgan fingerprint density at radius 2 is 1.48 bits per heavy atom. The quantitative estimate of drug-likeness (QED) is 0.726. The Morgan fingerprint density at radius 3 is 2.04 bits per heavy atom. The van der Waals surface area contributed by atoms with Crippen LogP contribution in [-0.4, -0.2) is 24.5 Å². The van der Waals surface area contributed by atoms with E-state index in [4.69, 9.17) is 5.73 Å². The molecule has 0 aromatic heterocycles. The number of hydrogen-bond donors (Lipinski definition) is 3. The van der Waals surface area contributed by atoms with Crippen LogP contribution in [0.25, 0.3) is 0 Å². The highest BCUT2D eigenvalue weighted by atomic mass is 16.2. The summed E-state index contributed by atoms with van der Waals surface area (Å²) in [5, 5.41) is 5.37. The first-order valence-corrected chi connectivity index (χ1v) is 7.56. The van der Waals surface area contributed by atoms with Crippen LogP contribution in [0.5, 0.6) is 0 Å². The van der Waals surface area contributed by atoms with Crippen LogP contribution in [0.3, 0.4) is 0 Å². The zero-order chi connectivity index (χ0) is 16.5. The van der Waals surface area contributed by atoms with Crippen LogP contribution in [0.1, 0.15) is 11.1 Å². The van der Waals surface area contributed by atoms with Crippen molar-refractivity contribution >= 4 is 11.9 Å². The Kier molecular flexibility index (Phi) is 6.17. The monoisotopic (exact) mass is 311 g/mol. The van der Waals surface area contributed by atoms with Gasteiger partial charge in [0.05, 0.1) is 0 Å². The molecule has 0 saturated heterocycles. The van der Waals surface area contributed by atoms with Crippen molar-refractivity contribution < 1.29 is 9.59 Å². The van der Waals surface area contributed by atoms with Gasteiger partial charge in [0.15, 0.2) is 0 Å². The van der Waals surface area contributed by atoms with Crippen molar-refractivity contribution in [3.8, 4) is 0 Å². The van der Waals surface area contributed by atoms with Crippen LogP contribution in [0.4, 0.5) is 4.79 Å². The lowest BCUT2D eigenvalue weighted by Gasteiger charge is -2.16. The molecule has 5 heteroatoms. The van der Waals surface area contributed by atoms with Gasteiger partial charge in [-0.1, -0.05) is 60.7 Å². The molecule has 23 heavy (non-hydrogen) atoms. The summed E-state index contributed by atoms with van der Waals surface area (Å²) in [5.74, 6) is -0.549. The third-order valence-corrected chi connectivity index (χ3v) is 3.47. The van der Waals surface area contributed by atoms with Crippen LogP contribution in [-0.2, 0) is 17.6 Å². The first-order chi connectivity index (χ1) is 11.1. The summed E-state index contributed by atoms with van der Waals surface area (Å²) >= 11 is 0. The molecule has 0 aliphatic carbocycles. The van der Waals surface area contributed by atoms with E-state index >= 15 is 0 Å². The standard InChI is InChI=1S/C18H21N3O2/c19-17(22)16(13-15-9-5-2-6-10-15)21-18(23)20-12-11-14-7-3-1-4-8-14/h1-10,16H,11-13H2,(H2,19,22)(H2,20,21,23). The maximum Gasteiger partial charge on any atom is 0.315 e. The number of benzene rings is 2. The lowest BCUT2D eigenvalue weighted by Crippen LogP contribution is -2.49. The van der Waals surface area contributed by atoms with Gasteiger partial charge in [0, 0.05) is 13.0 Å². The van der Waals surface area contributed by atoms with Gasteiger partial charge in [-0.15, -0.1) is 0 Å². The average molecular weight is 311 g/mol. The molecule has 2 aromatic carbocycles. The highest BCUT2D eigenvalue weighted by Crippen LogP contribution is 2.03. The maximum absolute atomic E-state index is 11.9. The lowest BCUT2D eigenvalue weighted by atomic mass is 10.1. The van der Waals surface area contributed by atoms with E-state index in [1.807, 2.05) is 60.7 Å².